The molecule has 1 amide bonds. The summed E-state index contributed by atoms with van der Waals surface area (Å²) in [6, 6.07) is -1.21. The molecule has 6 atom stereocenters. The van der Waals surface area contributed by atoms with Gasteiger partial charge in [0.1, 0.15) is 18.3 Å². The second kappa shape index (κ2) is 7.31. The van der Waals surface area contributed by atoms with Gasteiger partial charge < -0.3 is 40.3 Å². The Bertz CT molecular complexity index is 417. The molecule has 1 heterocycles. The molecule has 1 rings (SSSR count). The molecule has 0 unspecified atom stereocenters. The van der Waals surface area contributed by atoms with Crippen LogP contribution in [-0.4, -0.2) is 87.4 Å². The van der Waals surface area contributed by atoms with E-state index in [4.69, 9.17) is 9.84 Å². The molecule has 1 aliphatic heterocycles. The van der Waals surface area contributed by atoms with Gasteiger partial charge in [-0.25, -0.2) is 4.79 Å². The van der Waals surface area contributed by atoms with Crippen molar-refractivity contribution < 1.29 is 44.6 Å². The standard InChI is InChI=1S/C12H21NO9/c1-5(15)13-8-6(16)3-12(20,11(19)21-2)22-10(8)9(18)7(17)4-14/h6-10,14,16-18,20H,3-4H2,1-2H3,(H,13,15)/t6-,7-,8+,9+,10+,12+/m1/s1. The van der Waals surface area contributed by atoms with Crippen molar-refractivity contribution in [1.82, 2.24) is 5.32 Å². The number of carbonyl (C=O) groups excluding carboxylic acids is 2. The van der Waals surface area contributed by atoms with Crippen molar-refractivity contribution in [1.29, 1.82) is 0 Å². The fourth-order valence-corrected chi connectivity index (χ4v) is 2.29. The molecule has 0 radical (unpaired) electrons. The Labute approximate surface area is 126 Å². The molecule has 0 spiro atoms. The highest BCUT2D eigenvalue weighted by molar-refractivity contribution is 5.78. The van der Waals surface area contributed by atoms with Crippen LogP contribution in [0.25, 0.3) is 0 Å². The first kappa shape index (κ1) is 18.7. The number of ether oxygens (including phenoxy) is 2. The van der Waals surface area contributed by atoms with Crippen LogP contribution in [0.3, 0.4) is 0 Å². The number of hydrogen-bond donors (Lipinski definition) is 6. The molecule has 0 aromatic heterocycles. The summed E-state index contributed by atoms with van der Waals surface area (Å²) in [6.07, 6.45) is -7.09. The molecule has 1 aliphatic rings. The number of rotatable bonds is 5. The second-order valence-corrected chi connectivity index (χ2v) is 5.10. The highest BCUT2D eigenvalue weighted by Gasteiger charge is 2.54. The zero-order valence-corrected chi connectivity index (χ0v) is 12.2. The van der Waals surface area contributed by atoms with Crippen molar-refractivity contribution in [2.75, 3.05) is 13.7 Å². The van der Waals surface area contributed by atoms with Crippen molar-refractivity contribution >= 4 is 11.9 Å². The third-order valence-electron chi connectivity index (χ3n) is 3.38. The first-order chi connectivity index (χ1) is 10.2. The number of nitrogens with one attached hydrogen (secondary N) is 1. The Kier molecular flexibility index (Phi) is 6.23. The lowest BCUT2D eigenvalue weighted by Crippen LogP contribution is -2.67. The number of methoxy groups -OCH3 is 1. The lowest BCUT2D eigenvalue weighted by atomic mass is 9.88. The molecule has 128 valence electrons. The van der Waals surface area contributed by atoms with Gasteiger partial charge >= 0.3 is 5.97 Å². The summed E-state index contributed by atoms with van der Waals surface area (Å²) in [4.78, 5) is 22.8. The molecular formula is C12H21NO9. The van der Waals surface area contributed by atoms with Gasteiger partial charge in [-0.2, -0.15) is 0 Å². The van der Waals surface area contributed by atoms with Gasteiger partial charge in [-0.05, 0) is 0 Å². The van der Waals surface area contributed by atoms with E-state index in [1.165, 1.54) is 0 Å². The Balaban J connectivity index is 3.09. The van der Waals surface area contributed by atoms with E-state index in [0.29, 0.717) is 0 Å². The van der Waals surface area contributed by atoms with E-state index < -0.39 is 61.1 Å². The summed E-state index contributed by atoms with van der Waals surface area (Å²) in [7, 11) is 0.990. The molecule has 10 heteroatoms. The summed E-state index contributed by atoms with van der Waals surface area (Å²) >= 11 is 0. The molecular weight excluding hydrogens is 302 g/mol. The van der Waals surface area contributed by atoms with Crippen LogP contribution < -0.4 is 5.32 Å². The Hall–Kier alpha value is -1.30. The van der Waals surface area contributed by atoms with Gasteiger partial charge in [0.05, 0.1) is 25.9 Å². The minimum absolute atomic E-state index is 0.563. The zero-order chi connectivity index (χ0) is 17.1. The summed E-state index contributed by atoms with van der Waals surface area (Å²) in [5.74, 6) is -4.32. The van der Waals surface area contributed by atoms with E-state index in [9.17, 15) is 30.0 Å². The van der Waals surface area contributed by atoms with Gasteiger partial charge in [0.2, 0.25) is 5.91 Å². The van der Waals surface area contributed by atoms with Gasteiger partial charge in [-0.15, -0.1) is 0 Å². The predicted molar refractivity (Wildman–Crippen MR) is 69.2 cm³/mol. The summed E-state index contributed by atoms with van der Waals surface area (Å²) in [5, 5.41) is 50.8. The number of carbonyl (C=O) groups is 2. The third-order valence-corrected chi connectivity index (χ3v) is 3.38. The van der Waals surface area contributed by atoms with E-state index >= 15 is 0 Å². The second-order valence-electron chi connectivity index (χ2n) is 5.10. The molecule has 0 aliphatic carbocycles. The van der Waals surface area contributed by atoms with Crippen LogP contribution in [0.2, 0.25) is 0 Å². The molecule has 22 heavy (non-hydrogen) atoms. The first-order valence-corrected chi connectivity index (χ1v) is 6.57. The van der Waals surface area contributed by atoms with Crippen LogP contribution in [0.15, 0.2) is 0 Å². The van der Waals surface area contributed by atoms with E-state index in [-0.39, 0.29) is 0 Å². The van der Waals surface area contributed by atoms with Crippen LogP contribution in [0.4, 0.5) is 0 Å². The normalized spacial score (nSPS) is 34.6. The maximum Gasteiger partial charge on any atom is 0.366 e. The van der Waals surface area contributed by atoms with Gasteiger partial charge in [-0.3, -0.25) is 4.79 Å². The summed E-state index contributed by atoms with van der Waals surface area (Å²) < 4.78 is 9.45. The quantitative estimate of drug-likeness (QED) is 0.278. The Morgan fingerprint density at radius 3 is 2.50 bits per heavy atom. The largest absolute Gasteiger partial charge is 0.465 e. The molecule has 0 aromatic rings. The number of hydrogen-bond acceptors (Lipinski definition) is 9. The minimum atomic E-state index is -2.55. The Morgan fingerprint density at radius 2 is 2.05 bits per heavy atom. The Morgan fingerprint density at radius 1 is 1.45 bits per heavy atom. The van der Waals surface area contributed by atoms with Crippen LogP contribution >= 0.6 is 0 Å². The predicted octanol–water partition coefficient (Wildman–Crippen LogP) is -3.78. The number of esters is 1. The average Bonchev–Trinajstić information content (AvgIpc) is 2.46. The van der Waals surface area contributed by atoms with E-state index in [1.54, 1.807) is 0 Å². The van der Waals surface area contributed by atoms with E-state index in [0.717, 1.165) is 14.0 Å². The minimum Gasteiger partial charge on any atom is -0.465 e. The fraction of sp³-hybridized carbons (Fsp3) is 0.833. The van der Waals surface area contributed by atoms with Crippen LogP contribution in [0, 0.1) is 0 Å². The summed E-state index contributed by atoms with van der Waals surface area (Å²) in [6.45, 7) is 0.320. The molecule has 0 saturated carbocycles. The van der Waals surface area contributed by atoms with Gasteiger partial charge in [-0.1, -0.05) is 0 Å². The lowest BCUT2D eigenvalue weighted by molar-refractivity contribution is -0.296. The molecule has 1 fully saturated rings. The van der Waals surface area contributed by atoms with E-state index in [1.807, 2.05) is 0 Å². The van der Waals surface area contributed by atoms with Crippen molar-refractivity contribution in [3.05, 3.63) is 0 Å². The summed E-state index contributed by atoms with van der Waals surface area (Å²) in [5.41, 5.74) is 0. The maximum atomic E-state index is 11.6. The van der Waals surface area contributed by atoms with Crippen LogP contribution in [0.1, 0.15) is 13.3 Å². The fourth-order valence-electron chi connectivity index (χ4n) is 2.29. The molecule has 1 saturated heterocycles. The molecule has 10 nitrogen and oxygen atoms in total. The van der Waals surface area contributed by atoms with E-state index in [2.05, 4.69) is 10.1 Å². The van der Waals surface area contributed by atoms with Crippen molar-refractivity contribution in [3.63, 3.8) is 0 Å². The zero-order valence-electron chi connectivity index (χ0n) is 12.2. The van der Waals surface area contributed by atoms with Gasteiger partial charge in [0.25, 0.3) is 5.79 Å². The highest BCUT2D eigenvalue weighted by Crippen LogP contribution is 2.31. The SMILES string of the molecule is COC(=O)[C@]1(O)C[C@@H](O)[C@H](NC(C)=O)[C@@H]([C@@H](O)[C@H](O)CO)O1. The molecule has 0 aromatic carbocycles. The van der Waals surface area contributed by atoms with Crippen molar-refractivity contribution in [2.45, 2.75) is 49.6 Å². The highest BCUT2D eigenvalue weighted by atomic mass is 16.7. The lowest BCUT2D eigenvalue weighted by Gasteiger charge is -2.45. The van der Waals surface area contributed by atoms with Gasteiger partial charge in [0, 0.05) is 13.3 Å². The van der Waals surface area contributed by atoms with Crippen LogP contribution in [-0.2, 0) is 19.1 Å². The average molecular weight is 323 g/mol. The maximum absolute atomic E-state index is 11.6. The smallest absolute Gasteiger partial charge is 0.366 e. The number of aliphatic hydroxyl groups excluding tert-OH is 4. The number of amides is 1. The topological polar surface area (TPSA) is 166 Å². The monoisotopic (exact) mass is 323 g/mol. The third kappa shape index (κ3) is 3.91. The van der Waals surface area contributed by atoms with Crippen molar-refractivity contribution in [2.24, 2.45) is 0 Å². The first-order valence-electron chi connectivity index (χ1n) is 6.57. The molecule has 0 bridgehead atoms. The van der Waals surface area contributed by atoms with Crippen molar-refractivity contribution in [3.8, 4) is 0 Å². The number of aliphatic hydroxyl groups is 5. The van der Waals surface area contributed by atoms with Crippen LogP contribution in [0.5, 0.6) is 0 Å². The molecule has 6 N–H and O–H groups in total. The van der Waals surface area contributed by atoms with Gasteiger partial charge in [0.15, 0.2) is 0 Å².